The van der Waals surface area contributed by atoms with Crippen molar-refractivity contribution in [3.63, 3.8) is 0 Å². The molecule has 0 bridgehead atoms. The summed E-state index contributed by atoms with van der Waals surface area (Å²) in [6, 6.07) is 9.80. The number of nitrogens with one attached hydrogen (secondary N) is 1. The van der Waals surface area contributed by atoms with Gasteiger partial charge in [-0.15, -0.1) is 24.0 Å². The fourth-order valence-electron chi connectivity index (χ4n) is 2.10. The fraction of sp³-hybridized carbons (Fsp3) is 0.375. The Morgan fingerprint density at radius 1 is 1.35 bits per heavy atom. The van der Waals surface area contributed by atoms with E-state index in [2.05, 4.69) is 27.2 Å². The van der Waals surface area contributed by atoms with Crippen LogP contribution in [0.15, 0.2) is 47.7 Å². The first-order chi connectivity index (χ1) is 10.7. The first kappa shape index (κ1) is 19.8. The van der Waals surface area contributed by atoms with Crippen molar-refractivity contribution in [2.45, 2.75) is 20.0 Å². The molecule has 0 aliphatic heterocycles. The average Bonchev–Trinajstić information content (AvgIpc) is 3.02. The van der Waals surface area contributed by atoms with Crippen LogP contribution >= 0.6 is 35.6 Å². The lowest BCUT2D eigenvalue weighted by atomic mass is 10.2. The second kappa shape index (κ2) is 10.5. The van der Waals surface area contributed by atoms with Crippen molar-refractivity contribution in [1.29, 1.82) is 0 Å². The third-order valence-electron chi connectivity index (χ3n) is 3.18. The van der Waals surface area contributed by atoms with E-state index in [1.54, 1.807) is 6.20 Å². The number of aromatic nitrogens is 2. The molecule has 0 amide bonds. The van der Waals surface area contributed by atoms with Gasteiger partial charge >= 0.3 is 0 Å². The summed E-state index contributed by atoms with van der Waals surface area (Å²) in [6.45, 7) is 5.15. The molecule has 7 heteroatoms. The Labute approximate surface area is 159 Å². The monoisotopic (exact) mass is 447 g/mol. The molecule has 0 atom stereocenters. The van der Waals surface area contributed by atoms with Crippen molar-refractivity contribution < 1.29 is 0 Å². The molecule has 0 aliphatic rings. The highest BCUT2D eigenvalue weighted by atomic mass is 127. The maximum Gasteiger partial charge on any atom is 0.194 e. The molecule has 0 radical (unpaired) electrons. The minimum absolute atomic E-state index is 0. The van der Waals surface area contributed by atoms with Gasteiger partial charge < -0.3 is 10.2 Å². The SMILES string of the molecule is CCNC(=NCCn1cccn1)N(C)Cc1ccc(Cl)cc1.I. The Balaban J connectivity index is 0.00000264. The standard InChI is InChI=1S/C16H22ClN5.HI/c1-3-18-16(19-10-12-22-11-4-9-20-22)21(2)13-14-5-7-15(17)8-6-14;/h4-9,11H,3,10,12-13H2,1-2H3,(H,18,19);1H. The van der Waals surface area contributed by atoms with Gasteiger partial charge in [-0.1, -0.05) is 23.7 Å². The maximum atomic E-state index is 5.92. The lowest BCUT2D eigenvalue weighted by Crippen LogP contribution is -2.38. The van der Waals surface area contributed by atoms with Gasteiger partial charge in [0, 0.05) is 37.6 Å². The topological polar surface area (TPSA) is 45.5 Å². The number of hydrogen-bond acceptors (Lipinski definition) is 2. The van der Waals surface area contributed by atoms with Gasteiger partial charge in [0.2, 0.25) is 0 Å². The number of benzene rings is 1. The molecule has 0 spiro atoms. The summed E-state index contributed by atoms with van der Waals surface area (Å²) in [4.78, 5) is 6.75. The van der Waals surface area contributed by atoms with Crippen LogP contribution in [0.4, 0.5) is 0 Å². The largest absolute Gasteiger partial charge is 0.357 e. The predicted molar refractivity (Wildman–Crippen MR) is 107 cm³/mol. The molecule has 126 valence electrons. The molecular weight excluding hydrogens is 425 g/mol. The van der Waals surface area contributed by atoms with E-state index in [-0.39, 0.29) is 24.0 Å². The second-order valence-corrected chi connectivity index (χ2v) is 5.42. The van der Waals surface area contributed by atoms with E-state index in [0.717, 1.165) is 30.6 Å². The first-order valence-corrected chi connectivity index (χ1v) is 7.78. The predicted octanol–water partition coefficient (Wildman–Crippen LogP) is 3.25. The van der Waals surface area contributed by atoms with Crippen LogP contribution in [0.25, 0.3) is 0 Å². The van der Waals surface area contributed by atoms with Gasteiger partial charge in [0.15, 0.2) is 5.96 Å². The number of guanidine groups is 1. The number of rotatable bonds is 6. The molecule has 2 aromatic rings. The Hall–Kier alpha value is -1.28. The number of nitrogens with zero attached hydrogens (tertiary/aromatic N) is 4. The molecule has 0 saturated heterocycles. The zero-order valence-corrected chi connectivity index (χ0v) is 16.5. The number of aliphatic imine (C=N–C) groups is 1. The zero-order valence-electron chi connectivity index (χ0n) is 13.4. The van der Waals surface area contributed by atoms with Crippen molar-refractivity contribution in [1.82, 2.24) is 20.0 Å². The quantitative estimate of drug-likeness (QED) is 0.420. The molecule has 23 heavy (non-hydrogen) atoms. The summed E-state index contributed by atoms with van der Waals surface area (Å²) in [5.41, 5.74) is 1.20. The number of hydrogen-bond donors (Lipinski definition) is 1. The molecule has 0 unspecified atom stereocenters. The minimum Gasteiger partial charge on any atom is -0.357 e. The highest BCUT2D eigenvalue weighted by Gasteiger charge is 2.06. The summed E-state index contributed by atoms with van der Waals surface area (Å²) >= 11 is 5.92. The molecule has 1 heterocycles. The first-order valence-electron chi connectivity index (χ1n) is 7.40. The summed E-state index contributed by atoms with van der Waals surface area (Å²) in [5, 5.41) is 8.25. The lowest BCUT2D eigenvalue weighted by Gasteiger charge is -2.22. The summed E-state index contributed by atoms with van der Waals surface area (Å²) in [5.74, 6) is 0.893. The summed E-state index contributed by atoms with van der Waals surface area (Å²) in [6.07, 6.45) is 3.72. The van der Waals surface area contributed by atoms with E-state index in [9.17, 15) is 0 Å². The smallest absolute Gasteiger partial charge is 0.194 e. The van der Waals surface area contributed by atoms with Crippen molar-refractivity contribution in [2.75, 3.05) is 20.1 Å². The van der Waals surface area contributed by atoms with Gasteiger partial charge in [0.1, 0.15) is 0 Å². The maximum absolute atomic E-state index is 5.92. The van der Waals surface area contributed by atoms with Crippen molar-refractivity contribution in [3.05, 3.63) is 53.3 Å². The van der Waals surface area contributed by atoms with Crippen LogP contribution in [0.5, 0.6) is 0 Å². The van der Waals surface area contributed by atoms with Crippen molar-refractivity contribution in [2.24, 2.45) is 4.99 Å². The van der Waals surface area contributed by atoms with Crippen molar-refractivity contribution in [3.8, 4) is 0 Å². The third-order valence-corrected chi connectivity index (χ3v) is 3.43. The molecule has 1 aromatic heterocycles. The molecule has 1 aromatic carbocycles. The summed E-state index contributed by atoms with van der Waals surface area (Å²) in [7, 11) is 2.03. The lowest BCUT2D eigenvalue weighted by molar-refractivity contribution is 0.475. The van der Waals surface area contributed by atoms with Crippen molar-refractivity contribution >= 4 is 41.5 Å². The van der Waals surface area contributed by atoms with Crippen LogP contribution in [0, 0.1) is 0 Å². The Bertz CT molecular complexity index is 583. The fourth-order valence-corrected chi connectivity index (χ4v) is 2.23. The van der Waals surface area contributed by atoms with Crippen LogP contribution < -0.4 is 5.32 Å². The van der Waals surface area contributed by atoms with Crippen LogP contribution in [-0.4, -0.2) is 40.8 Å². The highest BCUT2D eigenvalue weighted by Crippen LogP contribution is 2.11. The van der Waals surface area contributed by atoms with E-state index in [0.29, 0.717) is 6.54 Å². The van der Waals surface area contributed by atoms with Gasteiger partial charge in [0.25, 0.3) is 0 Å². The van der Waals surface area contributed by atoms with Crippen LogP contribution in [0.3, 0.4) is 0 Å². The van der Waals surface area contributed by atoms with Gasteiger partial charge in [-0.2, -0.15) is 5.10 Å². The highest BCUT2D eigenvalue weighted by molar-refractivity contribution is 14.0. The Morgan fingerprint density at radius 2 is 2.09 bits per heavy atom. The third kappa shape index (κ3) is 6.78. The molecule has 0 aliphatic carbocycles. The van der Waals surface area contributed by atoms with E-state index in [1.807, 2.05) is 48.3 Å². The van der Waals surface area contributed by atoms with E-state index < -0.39 is 0 Å². The molecule has 1 N–H and O–H groups in total. The molecule has 0 fully saturated rings. The Morgan fingerprint density at radius 3 is 2.70 bits per heavy atom. The second-order valence-electron chi connectivity index (χ2n) is 4.99. The van der Waals surface area contributed by atoms with Gasteiger partial charge in [0.05, 0.1) is 13.1 Å². The average molecular weight is 448 g/mol. The van der Waals surface area contributed by atoms with Crippen LogP contribution in [0.2, 0.25) is 5.02 Å². The van der Waals surface area contributed by atoms with Gasteiger partial charge in [-0.05, 0) is 30.7 Å². The molecular formula is C16H23ClIN5. The molecule has 0 saturated carbocycles. The minimum atomic E-state index is 0. The molecule has 5 nitrogen and oxygen atoms in total. The van der Waals surface area contributed by atoms with Gasteiger partial charge in [-0.3, -0.25) is 9.67 Å². The molecule has 2 rings (SSSR count). The number of halogens is 2. The zero-order chi connectivity index (χ0) is 15.8. The summed E-state index contributed by atoms with van der Waals surface area (Å²) < 4.78 is 1.88. The Kier molecular flexibility index (Phi) is 9.01. The van der Waals surface area contributed by atoms with E-state index >= 15 is 0 Å². The van der Waals surface area contributed by atoms with E-state index in [4.69, 9.17) is 11.6 Å². The normalized spacial score (nSPS) is 11.0. The van der Waals surface area contributed by atoms with Crippen LogP contribution in [0.1, 0.15) is 12.5 Å². The van der Waals surface area contributed by atoms with Crippen LogP contribution in [-0.2, 0) is 13.1 Å². The van der Waals surface area contributed by atoms with Gasteiger partial charge in [-0.25, -0.2) is 0 Å². The van der Waals surface area contributed by atoms with E-state index in [1.165, 1.54) is 5.56 Å².